The zero-order chi connectivity index (χ0) is 11.1. The summed E-state index contributed by atoms with van der Waals surface area (Å²) in [6, 6.07) is 3.29. The van der Waals surface area contributed by atoms with Crippen molar-refractivity contribution in [2.45, 2.75) is 12.8 Å². The molecule has 0 amide bonds. The molecule has 1 aliphatic rings. The van der Waals surface area contributed by atoms with E-state index in [1.165, 1.54) is 6.07 Å². The Balaban J connectivity index is 2.41. The number of hydrogen-bond donors (Lipinski definition) is 0. The Bertz CT molecular complexity index is 414. The average molecular weight is 215 g/mol. The van der Waals surface area contributed by atoms with Gasteiger partial charge in [-0.3, -0.25) is 4.79 Å². The van der Waals surface area contributed by atoms with E-state index in [0.29, 0.717) is 12.0 Å². The number of fused-ring (bicyclic) bond motifs is 1. The SMILES string of the molecule is O=C1CCc2ccc([B-](F)(F)F)cc2O1. The lowest BCUT2D eigenvalue weighted by molar-refractivity contribution is -0.135. The van der Waals surface area contributed by atoms with E-state index in [0.717, 1.165) is 12.1 Å². The number of esters is 1. The molecule has 2 nitrogen and oxygen atoms in total. The van der Waals surface area contributed by atoms with Gasteiger partial charge in [-0.2, -0.15) is 0 Å². The molecule has 0 spiro atoms. The quantitative estimate of drug-likeness (QED) is 0.404. The van der Waals surface area contributed by atoms with Crippen LogP contribution in [0.5, 0.6) is 5.75 Å². The van der Waals surface area contributed by atoms with Crippen LogP contribution in [0.25, 0.3) is 0 Å². The number of hydrogen-bond acceptors (Lipinski definition) is 2. The second-order valence-electron chi connectivity index (χ2n) is 3.42. The fourth-order valence-corrected chi connectivity index (χ4v) is 1.49. The van der Waals surface area contributed by atoms with Crippen molar-refractivity contribution in [3.05, 3.63) is 23.8 Å². The molecule has 0 radical (unpaired) electrons. The fourth-order valence-electron chi connectivity index (χ4n) is 1.49. The van der Waals surface area contributed by atoms with Crippen molar-refractivity contribution in [3.63, 3.8) is 0 Å². The minimum absolute atomic E-state index is 0.0444. The second kappa shape index (κ2) is 3.29. The van der Waals surface area contributed by atoms with Crippen molar-refractivity contribution in [2.75, 3.05) is 0 Å². The Morgan fingerprint density at radius 1 is 1.20 bits per heavy atom. The molecule has 0 atom stereocenters. The van der Waals surface area contributed by atoms with Crippen LogP contribution in [0.3, 0.4) is 0 Å². The van der Waals surface area contributed by atoms with Gasteiger partial charge in [0.25, 0.3) is 0 Å². The van der Waals surface area contributed by atoms with Gasteiger partial charge in [0.1, 0.15) is 5.75 Å². The molecule has 0 saturated heterocycles. The zero-order valence-electron chi connectivity index (χ0n) is 7.67. The van der Waals surface area contributed by atoms with E-state index in [-0.39, 0.29) is 12.2 Å². The molecule has 0 unspecified atom stereocenters. The van der Waals surface area contributed by atoms with E-state index in [1.54, 1.807) is 0 Å². The van der Waals surface area contributed by atoms with E-state index in [9.17, 15) is 17.7 Å². The van der Waals surface area contributed by atoms with E-state index in [4.69, 9.17) is 4.74 Å². The summed E-state index contributed by atoms with van der Waals surface area (Å²) in [4.78, 5) is 10.9. The lowest BCUT2D eigenvalue weighted by Gasteiger charge is -2.20. The summed E-state index contributed by atoms with van der Waals surface area (Å²) in [6.07, 6.45) is 0.669. The van der Waals surface area contributed by atoms with Gasteiger partial charge in [-0.25, -0.2) is 0 Å². The molecule has 0 saturated carbocycles. The molecule has 1 aliphatic heterocycles. The minimum Gasteiger partial charge on any atom is -0.445 e. The number of rotatable bonds is 1. The molecule has 0 aromatic heterocycles. The van der Waals surface area contributed by atoms with Crippen LogP contribution in [0.2, 0.25) is 0 Å². The maximum absolute atomic E-state index is 12.4. The minimum atomic E-state index is -5.03. The molecular weight excluding hydrogens is 208 g/mol. The zero-order valence-corrected chi connectivity index (χ0v) is 7.67. The lowest BCUT2D eigenvalue weighted by atomic mass is 9.79. The first-order valence-corrected chi connectivity index (χ1v) is 4.50. The third kappa shape index (κ3) is 1.98. The third-order valence-corrected chi connectivity index (χ3v) is 2.29. The number of aryl methyl sites for hydroxylation is 1. The van der Waals surface area contributed by atoms with Crippen LogP contribution in [0.1, 0.15) is 12.0 Å². The van der Waals surface area contributed by atoms with Gasteiger partial charge in [0.15, 0.2) is 0 Å². The van der Waals surface area contributed by atoms with Gasteiger partial charge in [-0.05, 0) is 18.1 Å². The first-order valence-electron chi connectivity index (χ1n) is 4.50. The highest BCUT2D eigenvalue weighted by Crippen LogP contribution is 2.25. The maximum atomic E-state index is 12.4. The Morgan fingerprint density at radius 2 is 1.93 bits per heavy atom. The molecule has 1 heterocycles. The molecule has 0 bridgehead atoms. The van der Waals surface area contributed by atoms with Crippen molar-refractivity contribution in [1.29, 1.82) is 0 Å². The van der Waals surface area contributed by atoms with Crippen LogP contribution in [0, 0.1) is 0 Å². The highest BCUT2D eigenvalue weighted by atomic mass is 19.4. The lowest BCUT2D eigenvalue weighted by Crippen LogP contribution is -2.34. The molecule has 0 N–H and O–H groups in total. The molecule has 1 aromatic rings. The summed E-state index contributed by atoms with van der Waals surface area (Å²) in [5.74, 6) is -0.433. The van der Waals surface area contributed by atoms with E-state index in [1.807, 2.05) is 0 Å². The number of ether oxygens (including phenoxy) is 1. The van der Waals surface area contributed by atoms with Crippen LogP contribution in [0.15, 0.2) is 18.2 Å². The molecule has 6 heteroatoms. The van der Waals surface area contributed by atoms with Crippen molar-refractivity contribution in [2.24, 2.45) is 0 Å². The van der Waals surface area contributed by atoms with Gasteiger partial charge >= 0.3 is 12.9 Å². The summed E-state index contributed by atoms with van der Waals surface area (Å²) < 4.78 is 41.9. The van der Waals surface area contributed by atoms with E-state index >= 15 is 0 Å². The summed E-state index contributed by atoms with van der Waals surface area (Å²) in [5.41, 5.74) is -0.0816. The highest BCUT2D eigenvalue weighted by Gasteiger charge is 2.27. The van der Waals surface area contributed by atoms with Gasteiger partial charge in [-0.15, -0.1) is 5.46 Å². The van der Waals surface area contributed by atoms with Gasteiger partial charge < -0.3 is 17.7 Å². The van der Waals surface area contributed by atoms with Crippen molar-refractivity contribution in [3.8, 4) is 5.75 Å². The summed E-state index contributed by atoms with van der Waals surface area (Å²) in [6.45, 7) is -5.03. The number of halogens is 3. The van der Waals surface area contributed by atoms with Crippen molar-refractivity contribution in [1.82, 2.24) is 0 Å². The maximum Gasteiger partial charge on any atom is 0.509 e. The smallest absolute Gasteiger partial charge is 0.445 e. The van der Waals surface area contributed by atoms with Gasteiger partial charge in [0, 0.05) is 0 Å². The summed E-state index contributed by atoms with van der Waals surface area (Å²) in [7, 11) is 0. The highest BCUT2D eigenvalue weighted by molar-refractivity contribution is 6.73. The predicted octanol–water partition coefficient (Wildman–Crippen LogP) is 1.59. The van der Waals surface area contributed by atoms with Crippen molar-refractivity contribution < 1.29 is 22.5 Å². The largest absolute Gasteiger partial charge is 0.509 e. The molecular formula is C9H7BF3O2-. The van der Waals surface area contributed by atoms with Crippen LogP contribution in [-0.4, -0.2) is 12.9 Å². The molecule has 0 fully saturated rings. The normalized spacial score (nSPS) is 15.8. The third-order valence-electron chi connectivity index (χ3n) is 2.29. The predicted molar refractivity (Wildman–Crippen MR) is 49.1 cm³/mol. The Kier molecular flexibility index (Phi) is 2.21. The molecule has 2 rings (SSSR count). The Labute approximate surface area is 84.1 Å². The first kappa shape index (κ1) is 10.1. The van der Waals surface area contributed by atoms with Crippen LogP contribution in [0.4, 0.5) is 12.9 Å². The second-order valence-corrected chi connectivity index (χ2v) is 3.42. The average Bonchev–Trinajstić information content (AvgIpc) is 2.15. The van der Waals surface area contributed by atoms with E-state index < -0.39 is 18.4 Å². The summed E-state index contributed by atoms with van der Waals surface area (Å²) in [5, 5.41) is 0. The van der Waals surface area contributed by atoms with Gasteiger partial charge in [0.2, 0.25) is 0 Å². The Morgan fingerprint density at radius 3 is 2.60 bits per heavy atom. The van der Waals surface area contributed by atoms with E-state index in [2.05, 4.69) is 0 Å². The van der Waals surface area contributed by atoms with Crippen LogP contribution in [-0.2, 0) is 11.2 Å². The number of benzene rings is 1. The number of carbonyl (C=O) groups excluding carboxylic acids is 1. The number of carbonyl (C=O) groups is 1. The molecule has 80 valence electrons. The Hall–Kier alpha value is -1.46. The van der Waals surface area contributed by atoms with Crippen LogP contribution < -0.4 is 10.2 Å². The molecule has 1 aromatic carbocycles. The fraction of sp³-hybridized carbons (Fsp3) is 0.222. The first-order chi connectivity index (χ1) is 6.97. The van der Waals surface area contributed by atoms with Gasteiger partial charge in [0.05, 0.1) is 6.42 Å². The topological polar surface area (TPSA) is 26.3 Å². The molecule has 0 aliphatic carbocycles. The summed E-state index contributed by atoms with van der Waals surface area (Å²) >= 11 is 0. The van der Waals surface area contributed by atoms with Crippen LogP contribution >= 0.6 is 0 Å². The monoisotopic (exact) mass is 215 g/mol. The van der Waals surface area contributed by atoms with Crippen molar-refractivity contribution >= 4 is 18.4 Å². The van der Waals surface area contributed by atoms with Gasteiger partial charge in [-0.1, -0.05) is 12.1 Å². The standard InChI is InChI=1S/C9H7BF3O2/c11-10(12,13)7-3-1-6-2-4-9(14)15-8(6)5-7/h1,3,5H,2,4H2/q-1. The molecule has 15 heavy (non-hydrogen) atoms.